The molecule has 1 rings (SSSR count). The Kier molecular flexibility index (Phi) is 7.69. The van der Waals surface area contributed by atoms with Gasteiger partial charge in [0.2, 0.25) is 0 Å². The first kappa shape index (κ1) is 20.8. The van der Waals surface area contributed by atoms with Gasteiger partial charge in [0.05, 0.1) is 0 Å². The topological polar surface area (TPSA) is 0 Å². The van der Waals surface area contributed by atoms with Gasteiger partial charge in [-0.3, -0.25) is 0 Å². The Morgan fingerprint density at radius 1 is 1.16 bits per heavy atom. The summed E-state index contributed by atoms with van der Waals surface area (Å²) < 4.78 is 41.0. The summed E-state index contributed by atoms with van der Waals surface area (Å²) >= 11 is 0. The molecule has 0 aliphatic heterocycles. The van der Waals surface area contributed by atoms with Crippen LogP contribution in [-0.4, -0.2) is 0 Å². The summed E-state index contributed by atoms with van der Waals surface area (Å²) in [6, 6.07) is 5.04. The highest BCUT2D eigenvalue weighted by Gasteiger charge is 2.15. The average Bonchev–Trinajstić information content (AvgIpc) is 2.58. The van der Waals surface area contributed by atoms with E-state index in [1.165, 1.54) is 13.0 Å². The molecule has 0 bridgehead atoms. The van der Waals surface area contributed by atoms with E-state index in [0.717, 1.165) is 11.1 Å². The van der Waals surface area contributed by atoms with Gasteiger partial charge in [0, 0.05) is 0 Å². The number of hydrogen-bond acceptors (Lipinski definition) is 0. The van der Waals surface area contributed by atoms with E-state index in [0.29, 0.717) is 12.0 Å². The molecule has 134 valence electrons. The molecule has 0 amide bonds. The number of rotatable bonds is 7. The Balaban J connectivity index is 2.75. The maximum absolute atomic E-state index is 13.9. The first-order valence-corrected chi connectivity index (χ1v) is 8.14. The van der Waals surface area contributed by atoms with Crippen LogP contribution in [0.3, 0.4) is 0 Å². The molecule has 25 heavy (non-hydrogen) atoms. The van der Waals surface area contributed by atoms with Gasteiger partial charge >= 0.3 is 0 Å². The van der Waals surface area contributed by atoms with Gasteiger partial charge in [0.25, 0.3) is 0 Å². The summed E-state index contributed by atoms with van der Waals surface area (Å²) in [5.74, 6) is -2.36. The number of halogens is 3. The molecule has 3 heteroatoms. The normalized spacial score (nSPS) is 14.4. The maximum atomic E-state index is 13.9. The fraction of sp³-hybridized carbons (Fsp3) is 0.273. The van der Waals surface area contributed by atoms with Crippen LogP contribution in [0.1, 0.15) is 38.3 Å². The maximum Gasteiger partial charge on any atom is 0.161 e. The minimum Gasteiger partial charge on any atom is -0.207 e. The van der Waals surface area contributed by atoms with Gasteiger partial charge in [-0.25, -0.2) is 13.2 Å². The highest BCUT2D eigenvalue weighted by atomic mass is 19.2. The smallest absolute Gasteiger partial charge is 0.161 e. The van der Waals surface area contributed by atoms with E-state index in [1.54, 1.807) is 19.9 Å². The second-order valence-corrected chi connectivity index (χ2v) is 6.36. The van der Waals surface area contributed by atoms with Gasteiger partial charge in [0.15, 0.2) is 11.7 Å². The molecule has 1 atom stereocenters. The van der Waals surface area contributed by atoms with Crippen molar-refractivity contribution in [1.82, 2.24) is 0 Å². The van der Waals surface area contributed by atoms with E-state index in [-0.39, 0.29) is 22.9 Å². The largest absolute Gasteiger partial charge is 0.207 e. The average molecular weight is 346 g/mol. The molecule has 0 aromatic heterocycles. The van der Waals surface area contributed by atoms with Crippen LogP contribution in [0.25, 0.3) is 6.08 Å². The summed E-state index contributed by atoms with van der Waals surface area (Å²) in [5, 5.41) is 0. The number of benzene rings is 1. The van der Waals surface area contributed by atoms with Crippen molar-refractivity contribution < 1.29 is 13.2 Å². The summed E-state index contributed by atoms with van der Waals surface area (Å²) in [6.07, 6.45) is 6.12. The number of allylic oxidation sites excluding steroid dienone is 7. The zero-order chi connectivity index (χ0) is 19.1. The zero-order valence-electron chi connectivity index (χ0n) is 15.3. The fourth-order valence-electron chi connectivity index (χ4n) is 2.06. The molecule has 0 saturated heterocycles. The molecular formula is C22H25F3. The van der Waals surface area contributed by atoms with Crippen LogP contribution in [-0.2, 0) is 0 Å². The van der Waals surface area contributed by atoms with E-state index in [1.807, 2.05) is 31.2 Å². The lowest BCUT2D eigenvalue weighted by Gasteiger charge is -2.12. The van der Waals surface area contributed by atoms with Crippen molar-refractivity contribution in [1.29, 1.82) is 0 Å². The Bertz CT molecular complexity index is 749. The fourth-order valence-corrected chi connectivity index (χ4v) is 2.06. The second-order valence-electron chi connectivity index (χ2n) is 6.36. The molecule has 1 aromatic rings. The van der Waals surface area contributed by atoms with Gasteiger partial charge in [-0.2, -0.15) is 0 Å². The van der Waals surface area contributed by atoms with Crippen LogP contribution in [0.2, 0.25) is 0 Å². The molecule has 0 aliphatic carbocycles. The van der Waals surface area contributed by atoms with Crippen molar-refractivity contribution in [3.63, 3.8) is 0 Å². The first-order chi connectivity index (χ1) is 11.6. The molecule has 0 nitrogen and oxygen atoms in total. The van der Waals surface area contributed by atoms with Crippen LogP contribution >= 0.6 is 0 Å². The van der Waals surface area contributed by atoms with Crippen molar-refractivity contribution in [2.75, 3.05) is 0 Å². The number of aryl methyl sites for hydroxylation is 1. The monoisotopic (exact) mass is 346 g/mol. The zero-order valence-corrected chi connectivity index (χ0v) is 15.3. The SMILES string of the molecule is C=C(C)/C(F)=C(/F)C(=C)C(C)C/C=C(C)/C=C/c1ccc(C)c(F)c1. The van der Waals surface area contributed by atoms with Crippen molar-refractivity contribution in [3.05, 3.63) is 88.8 Å². The standard InChI is InChI=1S/C22H25F3/c1-14(2)21(24)22(25)18(6)16(4)9-7-15(3)8-11-19-12-10-17(5)20(23)13-19/h7-8,10-13,16H,1,6,9H2,2-5H3/b11-8+,15-7+,22-21-. The third-order valence-corrected chi connectivity index (χ3v) is 3.97. The van der Waals surface area contributed by atoms with Crippen LogP contribution in [0.4, 0.5) is 13.2 Å². The summed E-state index contributed by atoms with van der Waals surface area (Å²) in [6.45, 7) is 13.9. The van der Waals surface area contributed by atoms with Crippen LogP contribution < -0.4 is 0 Å². The van der Waals surface area contributed by atoms with Gasteiger partial charge in [-0.15, -0.1) is 0 Å². The van der Waals surface area contributed by atoms with Crippen LogP contribution in [0.15, 0.2) is 71.9 Å². The Labute approximate surface area is 148 Å². The van der Waals surface area contributed by atoms with Crippen molar-refractivity contribution in [3.8, 4) is 0 Å². The Morgan fingerprint density at radius 3 is 2.36 bits per heavy atom. The summed E-state index contributed by atoms with van der Waals surface area (Å²) in [7, 11) is 0. The van der Waals surface area contributed by atoms with E-state index < -0.39 is 11.7 Å². The third kappa shape index (κ3) is 6.26. The van der Waals surface area contributed by atoms with E-state index in [2.05, 4.69) is 13.2 Å². The van der Waals surface area contributed by atoms with Crippen molar-refractivity contribution >= 4 is 6.08 Å². The first-order valence-electron chi connectivity index (χ1n) is 8.14. The van der Waals surface area contributed by atoms with Gasteiger partial charge < -0.3 is 0 Å². The predicted octanol–water partition coefficient (Wildman–Crippen LogP) is 7.40. The lowest BCUT2D eigenvalue weighted by Crippen LogP contribution is -2.00. The molecule has 0 fully saturated rings. The Morgan fingerprint density at radius 2 is 1.80 bits per heavy atom. The lowest BCUT2D eigenvalue weighted by atomic mass is 9.95. The van der Waals surface area contributed by atoms with Crippen LogP contribution in [0.5, 0.6) is 0 Å². The highest BCUT2D eigenvalue weighted by molar-refractivity contribution is 5.53. The van der Waals surface area contributed by atoms with Gasteiger partial charge in [0.1, 0.15) is 5.82 Å². The molecule has 0 spiro atoms. The van der Waals surface area contributed by atoms with Gasteiger partial charge in [-0.05, 0) is 61.4 Å². The van der Waals surface area contributed by atoms with E-state index >= 15 is 0 Å². The van der Waals surface area contributed by atoms with Crippen LogP contribution in [0, 0.1) is 18.7 Å². The second kappa shape index (κ2) is 9.26. The molecule has 1 unspecified atom stereocenters. The molecule has 0 radical (unpaired) electrons. The molecular weight excluding hydrogens is 321 g/mol. The molecule has 0 saturated carbocycles. The van der Waals surface area contributed by atoms with Gasteiger partial charge in [-0.1, -0.05) is 56.0 Å². The molecule has 0 heterocycles. The molecule has 0 aliphatic rings. The minimum atomic E-state index is -0.946. The third-order valence-electron chi connectivity index (χ3n) is 3.97. The minimum absolute atomic E-state index is 0.0471. The quantitative estimate of drug-likeness (QED) is 0.451. The predicted molar refractivity (Wildman–Crippen MR) is 101 cm³/mol. The Hall–Kier alpha value is -2.29. The highest BCUT2D eigenvalue weighted by Crippen LogP contribution is 2.28. The summed E-state index contributed by atoms with van der Waals surface area (Å²) in [4.78, 5) is 0. The molecule has 0 N–H and O–H groups in total. The number of hydrogen-bond donors (Lipinski definition) is 0. The van der Waals surface area contributed by atoms with E-state index in [9.17, 15) is 13.2 Å². The molecule has 1 aromatic carbocycles. The van der Waals surface area contributed by atoms with Crippen molar-refractivity contribution in [2.24, 2.45) is 5.92 Å². The lowest BCUT2D eigenvalue weighted by molar-refractivity contribution is 0.529. The summed E-state index contributed by atoms with van der Waals surface area (Å²) in [5.41, 5.74) is 2.49. The van der Waals surface area contributed by atoms with E-state index in [4.69, 9.17) is 0 Å². The van der Waals surface area contributed by atoms with Crippen molar-refractivity contribution in [2.45, 2.75) is 34.1 Å².